The van der Waals surface area contributed by atoms with E-state index >= 15 is 0 Å². The molecule has 1 aliphatic carbocycles. The zero-order chi connectivity index (χ0) is 14.4. The molecule has 5 heteroatoms. The number of nitrogens with zero attached hydrogens (tertiary/aromatic N) is 2. The van der Waals surface area contributed by atoms with E-state index in [4.69, 9.17) is 5.73 Å². The Balaban J connectivity index is 1.75. The first-order valence-corrected chi connectivity index (χ1v) is 7.62. The summed E-state index contributed by atoms with van der Waals surface area (Å²) in [4.78, 5) is 12.4. The summed E-state index contributed by atoms with van der Waals surface area (Å²) in [6.07, 6.45) is 8.67. The molecule has 1 aromatic heterocycles. The average molecular weight is 278 g/mol. The molecule has 0 atom stereocenters. The quantitative estimate of drug-likeness (QED) is 0.775. The Morgan fingerprint density at radius 1 is 1.50 bits per heavy atom. The number of aromatic nitrogens is 2. The molecule has 0 bridgehead atoms. The number of nitrogens with one attached hydrogen (secondary N) is 1. The predicted molar refractivity (Wildman–Crippen MR) is 79.0 cm³/mol. The Labute approximate surface area is 120 Å². The normalized spacial score (nSPS) is 26.4. The summed E-state index contributed by atoms with van der Waals surface area (Å²) >= 11 is 0. The number of rotatable bonds is 6. The van der Waals surface area contributed by atoms with Crippen molar-refractivity contribution in [3.63, 3.8) is 0 Å². The Morgan fingerprint density at radius 3 is 2.85 bits per heavy atom. The fourth-order valence-electron chi connectivity index (χ4n) is 2.90. The second-order valence-electron chi connectivity index (χ2n) is 6.05. The minimum Gasteiger partial charge on any atom is -0.356 e. The summed E-state index contributed by atoms with van der Waals surface area (Å²) in [5, 5.41) is 7.21. The molecule has 0 saturated heterocycles. The lowest BCUT2D eigenvalue weighted by Gasteiger charge is -2.37. The molecule has 2 rings (SSSR count). The van der Waals surface area contributed by atoms with Crippen molar-refractivity contribution < 1.29 is 4.79 Å². The van der Waals surface area contributed by atoms with E-state index in [1.807, 2.05) is 16.9 Å². The molecule has 112 valence electrons. The van der Waals surface area contributed by atoms with Gasteiger partial charge in [-0.05, 0) is 44.1 Å². The van der Waals surface area contributed by atoms with Gasteiger partial charge in [-0.2, -0.15) is 5.10 Å². The van der Waals surface area contributed by atoms with Gasteiger partial charge in [-0.1, -0.05) is 6.92 Å². The molecule has 1 aliphatic rings. The fourth-order valence-corrected chi connectivity index (χ4v) is 2.90. The van der Waals surface area contributed by atoms with E-state index in [-0.39, 0.29) is 11.3 Å². The SMILES string of the molecule is CC1CCC(CN)(C(=O)NCCCn2cccn2)CC1. The maximum absolute atomic E-state index is 12.4. The summed E-state index contributed by atoms with van der Waals surface area (Å²) in [7, 11) is 0. The summed E-state index contributed by atoms with van der Waals surface area (Å²) in [5.41, 5.74) is 5.57. The van der Waals surface area contributed by atoms with Crippen LogP contribution in [-0.4, -0.2) is 28.8 Å². The van der Waals surface area contributed by atoms with Crippen molar-refractivity contribution in [1.82, 2.24) is 15.1 Å². The Bertz CT molecular complexity index is 408. The molecule has 5 nitrogen and oxygen atoms in total. The number of hydrogen-bond donors (Lipinski definition) is 2. The number of carbonyl (C=O) groups is 1. The van der Waals surface area contributed by atoms with Gasteiger partial charge >= 0.3 is 0 Å². The topological polar surface area (TPSA) is 72.9 Å². The van der Waals surface area contributed by atoms with Crippen LogP contribution in [0.5, 0.6) is 0 Å². The van der Waals surface area contributed by atoms with Gasteiger partial charge in [0.15, 0.2) is 0 Å². The fraction of sp³-hybridized carbons (Fsp3) is 0.733. The third-order valence-electron chi connectivity index (χ3n) is 4.51. The molecule has 0 spiro atoms. The third-order valence-corrected chi connectivity index (χ3v) is 4.51. The molecular weight excluding hydrogens is 252 g/mol. The highest BCUT2D eigenvalue weighted by atomic mass is 16.2. The lowest BCUT2D eigenvalue weighted by molar-refractivity contribution is -0.132. The van der Waals surface area contributed by atoms with Gasteiger partial charge in [0.1, 0.15) is 0 Å². The van der Waals surface area contributed by atoms with Crippen LogP contribution in [0.2, 0.25) is 0 Å². The van der Waals surface area contributed by atoms with Crippen LogP contribution in [-0.2, 0) is 11.3 Å². The first-order valence-electron chi connectivity index (χ1n) is 7.62. The summed E-state index contributed by atoms with van der Waals surface area (Å²) in [5.74, 6) is 0.870. The van der Waals surface area contributed by atoms with Crippen molar-refractivity contribution in [2.45, 2.75) is 45.6 Å². The first-order chi connectivity index (χ1) is 9.66. The number of hydrogen-bond acceptors (Lipinski definition) is 3. The minimum atomic E-state index is -0.321. The summed E-state index contributed by atoms with van der Waals surface area (Å²) in [6, 6.07) is 1.91. The van der Waals surface area contributed by atoms with Crippen LogP contribution in [0.25, 0.3) is 0 Å². The molecule has 1 saturated carbocycles. The van der Waals surface area contributed by atoms with Crippen molar-refractivity contribution in [3.8, 4) is 0 Å². The molecule has 0 unspecified atom stereocenters. The second kappa shape index (κ2) is 6.88. The van der Waals surface area contributed by atoms with Crippen molar-refractivity contribution in [2.24, 2.45) is 17.1 Å². The van der Waals surface area contributed by atoms with E-state index < -0.39 is 0 Å². The van der Waals surface area contributed by atoms with E-state index in [0.717, 1.165) is 44.6 Å². The molecule has 1 heterocycles. The smallest absolute Gasteiger partial charge is 0.227 e. The number of nitrogens with two attached hydrogens (primary N) is 1. The molecule has 20 heavy (non-hydrogen) atoms. The standard InChI is InChI=1S/C15H26N4O/c1-13-4-6-15(12-16,7-5-13)14(20)17-8-2-10-19-11-3-9-18-19/h3,9,11,13H,2,4-8,10,12,16H2,1H3,(H,17,20). The maximum Gasteiger partial charge on any atom is 0.227 e. The van der Waals surface area contributed by atoms with Gasteiger partial charge in [0.05, 0.1) is 5.41 Å². The minimum absolute atomic E-state index is 0.146. The van der Waals surface area contributed by atoms with Gasteiger partial charge in [-0.3, -0.25) is 9.48 Å². The molecule has 0 radical (unpaired) electrons. The Hall–Kier alpha value is -1.36. The largest absolute Gasteiger partial charge is 0.356 e. The number of carbonyl (C=O) groups excluding carboxylic acids is 1. The highest BCUT2D eigenvalue weighted by molar-refractivity contribution is 5.83. The van der Waals surface area contributed by atoms with Crippen molar-refractivity contribution in [3.05, 3.63) is 18.5 Å². The van der Waals surface area contributed by atoms with Crippen LogP contribution in [0.3, 0.4) is 0 Å². The summed E-state index contributed by atoms with van der Waals surface area (Å²) in [6.45, 7) is 4.24. The lowest BCUT2D eigenvalue weighted by Crippen LogP contribution is -2.48. The molecule has 1 fully saturated rings. The predicted octanol–water partition coefficient (Wildman–Crippen LogP) is 1.54. The van der Waals surface area contributed by atoms with Gasteiger partial charge in [0.2, 0.25) is 5.91 Å². The van der Waals surface area contributed by atoms with Crippen LogP contribution >= 0.6 is 0 Å². The van der Waals surface area contributed by atoms with Crippen LogP contribution in [0.1, 0.15) is 39.0 Å². The van der Waals surface area contributed by atoms with Gasteiger partial charge in [0.25, 0.3) is 0 Å². The van der Waals surface area contributed by atoms with Gasteiger partial charge in [-0.15, -0.1) is 0 Å². The molecule has 0 aliphatic heterocycles. The number of amides is 1. The van der Waals surface area contributed by atoms with Crippen molar-refractivity contribution in [1.29, 1.82) is 0 Å². The van der Waals surface area contributed by atoms with Crippen LogP contribution in [0.15, 0.2) is 18.5 Å². The highest BCUT2D eigenvalue weighted by Crippen LogP contribution is 2.38. The van der Waals surface area contributed by atoms with E-state index in [1.54, 1.807) is 6.20 Å². The molecular formula is C15H26N4O. The van der Waals surface area contributed by atoms with Crippen molar-refractivity contribution in [2.75, 3.05) is 13.1 Å². The molecule has 1 aromatic rings. The monoisotopic (exact) mass is 278 g/mol. The van der Waals surface area contributed by atoms with E-state index in [9.17, 15) is 4.79 Å². The highest BCUT2D eigenvalue weighted by Gasteiger charge is 2.39. The lowest BCUT2D eigenvalue weighted by atomic mass is 9.70. The Kier molecular flexibility index (Phi) is 5.17. The van der Waals surface area contributed by atoms with Gasteiger partial charge in [-0.25, -0.2) is 0 Å². The Morgan fingerprint density at radius 2 is 2.25 bits per heavy atom. The first kappa shape index (κ1) is 15.0. The van der Waals surface area contributed by atoms with Crippen LogP contribution < -0.4 is 11.1 Å². The summed E-state index contributed by atoms with van der Waals surface area (Å²) < 4.78 is 1.88. The van der Waals surface area contributed by atoms with E-state index in [2.05, 4.69) is 17.3 Å². The molecule has 3 N–H and O–H groups in total. The second-order valence-corrected chi connectivity index (χ2v) is 6.05. The van der Waals surface area contributed by atoms with Crippen LogP contribution in [0.4, 0.5) is 0 Å². The van der Waals surface area contributed by atoms with Crippen molar-refractivity contribution >= 4 is 5.91 Å². The zero-order valence-electron chi connectivity index (χ0n) is 12.3. The average Bonchev–Trinajstić information content (AvgIpc) is 2.98. The van der Waals surface area contributed by atoms with Gasteiger partial charge in [0, 0.05) is 32.0 Å². The van der Waals surface area contributed by atoms with Crippen LogP contribution in [0, 0.1) is 11.3 Å². The van der Waals surface area contributed by atoms with Gasteiger partial charge < -0.3 is 11.1 Å². The molecule has 0 aromatic carbocycles. The third kappa shape index (κ3) is 3.60. The number of aryl methyl sites for hydroxylation is 1. The molecule has 1 amide bonds. The maximum atomic E-state index is 12.4. The van der Waals surface area contributed by atoms with E-state index in [1.165, 1.54) is 0 Å². The zero-order valence-corrected chi connectivity index (χ0v) is 12.3. The van der Waals surface area contributed by atoms with E-state index in [0.29, 0.717) is 13.1 Å².